The highest BCUT2D eigenvalue weighted by Gasteiger charge is 2.47. The van der Waals surface area contributed by atoms with Crippen LogP contribution in [0.1, 0.15) is 119 Å². The Morgan fingerprint density at radius 3 is 1.33 bits per heavy atom. The summed E-state index contributed by atoms with van der Waals surface area (Å²) in [6, 6.07) is 18.3. The summed E-state index contributed by atoms with van der Waals surface area (Å²) in [6.45, 7) is 4.17. The number of benzene rings is 3. The normalized spacial score (nSPS) is 18.9. The van der Waals surface area contributed by atoms with Crippen molar-refractivity contribution < 1.29 is 59.4 Å². The number of nitrogens with one attached hydrogen (secondary N) is 1. The SMILES string of the molecule is CC(C)(C)OC(=O)N1Cc2c(C(N)=O)c(-c3cccc(Cl)c3)nn2C(CF)C1.CI.NC(=O)c1c(-c2cccc(Cl)c2)nn2c1CN(C(=O)CC1CC(F)(F)C1)CC2CF.NC(=O)c1c(-c2cccc(Cl)c2)nn2c1CNCC2CF.NC1CC(F)(F)C1. The number of rotatable bonds is 11. The van der Waals surface area contributed by atoms with E-state index in [4.69, 9.17) is 62.5 Å². The topological polar surface area (TPSA) is 271 Å². The predicted octanol–water partition coefficient (Wildman–Crippen LogP) is 10.9. The Kier molecular flexibility index (Phi) is 22.7. The number of aromatic nitrogens is 6. The van der Waals surface area contributed by atoms with E-state index in [0.717, 1.165) is 0 Å². The van der Waals surface area contributed by atoms with Crippen LogP contribution in [0.5, 0.6) is 0 Å². The molecule has 3 aliphatic heterocycles. The van der Waals surface area contributed by atoms with Crippen LogP contribution < -0.4 is 28.3 Å². The maximum atomic E-state index is 13.8. The zero-order valence-electron chi connectivity index (χ0n) is 48.2. The van der Waals surface area contributed by atoms with Crippen molar-refractivity contribution in [2.24, 2.45) is 28.9 Å². The van der Waals surface area contributed by atoms with Gasteiger partial charge in [-0.3, -0.25) is 33.2 Å². The van der Waals surface area contributed by atoms with Gasteiger partial charge in [0.25, 0.3) is 23.6 Å². The van der Waals surface area contributed by atoms with Gasteiger partial charge in [0.15, 0.2) is 0 Å². The monoisotopic (exact) mass is 1410 g/mol. The first-order valence-corrected chi connectivity index (χ1v) is 30.8. The van der Waals surface area contributed by atoms with E-state index in [2.05, 4.69) is 43.2 Å². The van der Waals surface area contributed by atoms with Gasteiger partial charge >= 0.3 is 6.09 Å². The first kappa shape index (κ1) is 69.0. The summed E-state index contributed by atoms with van der Waals surface area (Å²) in [5, 5.41) is 17.8. The van der Waals surface area contributed by atoms with Crippen LogP contribution in [-0.2, 0) is 29.2 Å². The minimum absolute atomic E-state index is 0.00425. The molecule has 476 valence electrons. The van der Waals surface area contributed by atoms with Crippen LogP contribution in [0, 0.1) is 5.92 Å². The summed E-state index contributed by atoms with van der Waals surface area (Å²) in [4.78, 5) is 66.2. The Hall–Kier alpha value is -6.53. The Balaban J connectivity index is 0.000000177. The first-order valence-electron chi connectivity index (χ1n) is 27.5. The minimum Gasteiger partial charge on any atom is -0.444 e. The van der Waals surface area contributed by atoms with E-state index in [1.807, 2.05) is 4.93 Å². The molecule has 0 radical (unpaired) electrons. The lowest BCUT2D eigenvalue weighted by molar-refractivity contribution is -0.144. The molecule has 2 aliphatic carbocycles. The fourth-order valence-electron chi connectivity index (χ4n) is 10.7. The summed E-state index contributed by atoms with van der Waals surface area (Å²) in [6.07, 6.45) is -1.49. The maximum absolute atomic E-state index is 13.8. The highest BCUT2D eigenvalue weighted by Crippen LogP contribution is 2.45. The molecule has 6 aromatic rings. The summed E-state index contributed by atoms with van der Waals surface area (Å²) in [7, 11) is 0. The lowest BCUT2D eigenvalue weighted by Gasteiger charge is -2.37. The molecule has 0 bridgehead atoms. The number of primary amides is 3. The molecule has 3 unspecified atom stereocenters. The van der Waals surface area contributed by atoms with Crippen molar-refractivity contribution in [3.05, 3.63) is 122 Å². The predicted molar refractivity (Wildman–Crippen MR) is 327 cm³/mol. The molecule has 0 spiro atoms. The van der Waals surface area contributed by atoms with Gasteiger partial charge in [-0.1, -0.05) is 93.8 Å². The number of halogens is 11. The number of ether oxygens (including phenoxy) is 1. The summed E-state index contributed by atoms with van der Waals surface area (Å²) in [5.74, 6) is -7.91. The van der Waals surface area contributed by atoms with Gasteiger partial charge < -0.3 is 42.8 Å². The smallest absolute Gasteiger partial charge is 0.410 e. The fourth-order valence-corrected chi connectivity index (χ4v) is 11.3. The zero-order chi connectivity index (χ0) is 64.7. The molecule has 3 atom stereocenters. The molecule has 5 aliphatic rings. The number of fused-ring (bicyclic) bond motifs is 3. The van der Waals surface area contributed by atoms with Gasteiger partial charge in [-0.25, -0.2) is 35.5 Å². The number of nitrogens with zero attached hydrogens (tertiary/aromatic N) is 8. The van der Waals surface area contributed by atoms with E-state index >= 15 is 0 Å². The van der Waals surface area contributed by atoms with E-state index in [9.17, 15) is 54.7 Å². The van der Waals surface area contributed by atoms with Gasteiger partial charge in [0.2, 0.25) is 11.8 Å². The first-order chi connectivity index (χ1) is 41.5. The Labute approximate surface area is 531 Å². The summed E-state index contributed by atoms with van der Waals surface area (Å²) < 4.78 is 100. The number of hydrogen-bond donors (Lipinski definition) is 5. The van der Waals surface area contributed by atoms with E-state index in [-0.39, 0.29) is 93.0 Å². The molecule has 2 fully saturated rings. The zero-order valence-corrected chi connectivity index (χ0v) is 52.6. The molecule has 3 aromatic heterocycles. The lowest BCUT2D eigenvalue weighted by Crippen LogP contribution is -2.45. The van der Waals surface area contributed by atoms with Crippen molar-refractivity contribution in [2.45, 2.75) is 114 Å². The lowest BCUT2D eigenvalue weighted by atomic mass is 9.79. The second-order valence-corrected chi connectivity index (χ2v) is 23.8. The van der Waals surface area contributed by atoms with Crippen molar-refractivity contribution in [1.29, 1.82) is 0 Å². The highest BCUT2D eigenvalue weighted by molar-refractivity contribution is 14.1. The molecule has 11 rings (SSSR count). The van der Waals surface area contributed by atoms with Crippen molar-refractivity contribution >= 4 is 87.1 Å². The average Bonchev–Trinajstić information content (AvgIpc) is 2.89. The van der Waals surface area contributed by atoms with Crippen LogP contribution in [0.25, 0.3) is 33.8 Å². The molecule has 6 heterocycles. The van der Waals surface area contributed by atoms with Gasteiger partial charge in [-0.15, -0.1) is 0 Å². The number of carbonyl (C=O) groups is 5. The van der Waals surface area contributed by atoms with Crippen molar-refractivity contribution in [3.63, 3.8) is 0 Å². The second kappa shape index (κ2) is 29.0. The third-order valence-corrected chi connectivity index (χ3v) is 15.3. The Morgan fingerprint density at radius 1 is 0.614 bits per heavy atom. The Bertz CT molecular complexity index is 3510. The number of hydrogen-bond acceptors (Lipinski definition) is 11. The van der Waals surface area contributed by atoms with Gasteiger partial charge in [0.1, 0.15) is 42.7 Å². The molecular formula is C58H66Cl3F7IN13O6. The van der Waals surface area contributed by atoms with E-state index in [0.29, 0.717) is 78.9 Å². The quantitative estimate of drug-likeness (QED) is 0.0462. The molecule has 0 saturated heterocycles. The minimum atomic E-state index is -2.71. The van der Waals surface area contributed by atoms with Crippen LogP contribution >= 0.6 is 57.4 Å². The molecule has 2 saturated carbocycles. The largest absolute Gasteiger partial charge is 0.444 e. The van der Waals surface area contributed by atoms with Gasteiger partial charge in [-0.05, 0) is 68.0 Å². The van der Waals surface area contributed by atoms with Crippen LogP contribution in [0.2, 0.25) is 15.1 Å². The van der Waals surface area contributed by atoms with Crippen LogP contribution in [0.15, 0.2) is 72.8 Å². The molecule has 30 heteroatoms. The molecule has 5 amide bonds. The maximum Gasteiger partial charge on any atom is 0.410 e. The van der Waals surface area contributed by atoms with Crippen molar-refractivity contribution in [1.82, 2.24) is 44.5 Å². The van der Waals surface area contributed by atoms with E-state index in [1.54, 1.807) is 98.2 Å². The third-order valence-electron chi connectivity index (χ3n) is 14.6. The average molecular weight is 1410 g/mol. The van der Waals surface area contributed by atoms with Crippen LogP contribution in [0.3, 0.4) is 0 Å². The number of alkyl halides is 8. The molecule has 9 N–H and O–H groups in total. The van der Waals surface area contributed by atoms with Gasteiger partial charge in [0, 0.05) is 96.1 Å². The van der Waals surface area contributed by atoms with Crippen molar-refractivity contribution in [3.8, 4) is 33.8 Å². The second-order valence-electron chi connectivity index (χ2n) is 22.5. The number of nitrogens with two attached hydrogens (primary N) is 4. The van der Waals surface area contributed by atoms with Crippen LogP contribution in [-0.4, -0.2) is 137 Å². The van der Waals surface area contributed by atoms with E-state index < -0.39 is 79.4 Å². The standard InChI is InChI=1S/C20H20ClF3N4O2.C19H22ClFN4O3.C14H14ClFN4O.C4H7F2N.CH3I/c21-13-3-1-2-12(5-13)18-17(19(25)30)15-10-27(9-14(8-22)28(15)26-18)16(29)4-11-6-20(23,24)7-11;1-19(2,3)28-18(27)24-9-13(8-21)25-14(10-24)15(17(22)26)16(23-25)11-5-4-6-12(20)7-11;15-9-3-1-2-8(4-9)13-12(14(17)21)11-7-18-6-10(5-16)20(11)19-13;5-4(6)1-3(7)2-4;1-2/h1-3,5,11,14H,4,6-10H2,(H2,25,30);4-7,13H,8-10H2,1-3H3,(H2,22,26);1-4,10,18H,5-7H2,(H2,17,21);3H,1-2,7H2;1H3. The van der Waals surface area contributed by atoms with E-state index in [1.165, 1.54) is 19.2 Å². The Morgan fingerprint density at radius 2 is 0.989 bits per heavy atom. The molecule has 88 heavy (non-hydrogen) atoms. The van der Waals surface area contributed by atoms with Gasteiger partial charge in [0.05, 0.1) is 65.0 Å². The summed E-state index contributed by atoms with van der Waals surface area (Å²) >= 11 is 20.2. The summed E-state index contributed by atoms with van der Waals surface area (Å²) in [5.41, 5.74) is 25.8. The number of amides is 5. The third kappa shape index (κ3) is 16.5. The molecular weight excluding hydrogens is 1340 g/mol. The van der Waals surface area contributed by atoms with Crippen LogP contribution in [0.4, 0.5) is 35.5 Å². The fraction of sp³-hybridized carbons (Fsp3) is 0.448. The molecule has 19 nitrogen and oxygen atoms in total. The molecule has 3 aromatic carbocycles. The highest BCUT2D eigenvalue weighted by atomic mass is 127. The van der Waals surface area contributed by atoms with Gasteiger partial charge in [-0.2, -0.15) is 15.3 Å². The van der Waals surface area contributed by atoms with Crippen molar-refractivity contribution in [2.75, 3.05) is 44.6 Å². The number of carbonyl (C=O) groups excluding carboxylic acids is 5.